The van der Waals surface area contributed by atoms with E-state index in [1.807, 2.05) is 73.7 Å². The summed E-state index contributed by atoms with van der Waals surface area (Å²) in [7, 11) is 0. The Morgan fingerprint density at radius 3 is 2.58 bits per heavy atom. The number of para-hydroxylation sites is 1. The van der Waals surface area contributed by atoms with Crippen LogP contribution < -0.4 is 14.9 Å². The number of hydrogen-bond donors (Lipinski definition) is 1. The maximum absolute atomic E-state index is 12.0. The van der Waals surface area contributed by atoms with Gasteiger partial charge in [0.15, 0.2) is 6.61 Å². The normalized spacial score (nSPS) is 10.8. The lowest BCUT2D eigenvalue weighted by atomic mass is 10.1. The Balaban J connectivity index is 1.58. The third-order valence-electron chi connectivity index (χ3n) is 3.72. The Bertz CT molecular complexity index is 917. The molecule has 3 rings (SSSR count). The zero-order chi connectivity index (χ0) is 18.2. The first-order chi connectivity index (χ1) is 12.8. The highest BCUT2D eigenvalue weighted by molar-refractivity contribution is 5.89. The number of ether oxygens (including phenoxy) is 2. The van der Waals surface area contributed by atoms with Crippen molar-refractivity contribution in [1.82, 2.24) is 5.43 Å². The van der Waals surface area contributed by atoms with Crippen LogP contribution in [0.15, 0.2) is 71.8 Å². The van der Waals surface area contributed by atoms with Crippen molar-refractivity contribution in [3.05, 3.63) is 72.3 Å². The van der Waals surface area contributed by atoms with E-state index in [4.69, 9.17) is 9.47 Å². The van der Waals surface area contributed by atoms with Gasteiger partial charge in [0, 0.05) is 10.9 Å². The molecule has 0 aliphatic heterocycles. The van der Waals surface area contributed by atoms with E-state index in [2.05, 4.69) is 10.5 Å². The van der Waals surface area contributed by atoms with E-state index in [9.17, 15) is 4.79 Å². The van der Waals surface area contributed by atoms with Crippen molar-refractivity contribution in [2.24, 2.45) is 5.10 Å². The van der Waals surface area contributed by atoms with Gasteiger partial charge in [-0.15, -0.1) is 0 Å². The molecule has 1 N–H and O–H groups in total. The molecule has 0 unspecified atom stereocenters. The third kappa shape index (κ3) is 4.39. The third-order valence-corrected chi connectivity index (χ3v) is 3.72. The topological polar surface area (TPSA) is 59.9 Å². The summed E-state index contributed by atoms with van der Waals surface area (Å²) in [5.41, 5.74) is 3.26. The molecule has 0 fully saturated rings. The average Bonchev–Trinajstić information content (AvgIpc) is 2.68. The Labute approximate surface area is 152 Å². The number of benzene rings is 3. The zero-order valence-electron chi connectivity index (χ0n) is 14.5. The molecular weight excluding hydrogens is 328 g/mol. The Hall–Kier alpha value is -3.34. The highest BCUT2D eigenvalue weighted by Gasteiger charge is 2.05. The van der Waals surface area contributed by atoms with Gasteiger partial charge in [-0.3, -0.25) is 4.79 Å². The fourth-order valence-electron chi connectivity index (χ4n) is 2.55. The maximum atomic E-state index is 12.0. The molecule has 3 aromatic carbocycles. The molecule has 5 nitrogen and oxygen atoms in total. The second-order valence-corrected chi connectivity index (χ2v) is 5.53. The molecule has 0 atom stereocenters. The smallest absolute Gasteiger partial charge is 0.277 e. The number of carbonyl (C=O) groups is 1. The largest absolute Gasteiger partial charge is 0.493 e. The summed E-state index contributed by atoms with van der Waals surface area (Å²) in [6.45, 7) is 2.37. The van der Waals surface area contributed by atoms with E-state index in [0.717, 1.165) is 22.1 Å². The molecule has 1 amide bonds. The first kappa shape index (κ1) is 17.5. The fourth-order valence-corrected chi connectivity index (χ4v) is 2.55. The second-order valence-electron chi connectivity index (χ2n) is 5.53. The molecule has 132 valence electrons. The molecular formula is C21H20N2O3. The Morgan fingerprint density at radius 2 is 1.69 bits per heavy atom. The fraction of sp³-hybridized carbons (Fsp3) is 0.143. The van der Waals surface area contributed by atoms with Gasteiger partial charge in [0.1, 0.15) is 11.5 Å². The van der Waals surface area contributed by atoms with Gasteiger partial charge in [-0.25, -0.2) is 5.43 Å². The summed E-state index contributed by atoms with van der Waals surface area (Å²) in [6.07, 6.45) is 1.56. The van der Waals surface area contributed by atoms with E-state index >= 15 is 0 Å². The van der Waals surface area contributed by atoms with Crippen molar-refractivity contribution in [2.45, 2.75) is 6.92 Å². The summed E-state index contributed by atoms with van der Waals surface area (Å²) < 4.78 is 11.1. The lowest BCUT2D eigenvalue weighted by Gasteiger charge is -2.08. The zero-order valence-corrected chi connectivity index (χ0v) is 14.5. The van der Waals surface area contributed by atoms with Gasteiger partial charge in [0.05, 0.1) is 12.8 Å². The minimum atomic E-state index is -0.330. The van der Waals surface area contributed by atoms with Crippen molar-refractivity contribution in [1.29, 1.82) is 0 Å². The van der Waals surface area contributed by atoms with Crippen LogP contribution in [-0.2, 0) is 4.79 Å². The monoisotopic (exact) mass is 348 g/mol. The Kier molecular flexibility index (Phi) is 5.83. The van der Waals surface area contributed by atoms with E-state index in [1.54, 1.807) is 6.21 Å². The first-order valence-corrected chi connectivity index (χ1v) is 8.42. The first-order valence-electron chi connectivity index (χ1n) is 8.42. The number of hydrazone groups is 1. The van der Waals surface area contributed by atoms with Crippen LogP contribution in [0.2, 0.25) is 0 Å². The van der Waals surface area contributed by atoms with E-state index < -0.39 is 0 Å². The summed E-state index contributed by atoms with van der Waals surface area (Å²) in [4.78, 5) is 12.0. The van der Waals surface area contributed by atoms with Gasteiger partial charge >= 0.3 is 0 Å². The minimum absolute atomic E-state index is 0.113. The Morgan fingerprint density at radius 1 is 0.962 bits per heavy atom. The highest BCUT2D eigenvalue weighted by Crippen LogP contribution is 2.24. The highest BCUT2D eigenvalue weighted by atomic mass is 16.5. The van der Waals surface area contributed by atoms with Crippen molar-refractivity contribution in [3.63, 3.8) is 0 Å². The predicted molar refractivity (Wildman–Crippen MR) is 103 cm³/mol. The number of hydrogen-bond acceptors (Lipinski definition) is 4. The average molecular weight is 348 g/mol. The molecule has 0 heterocycles. The number of nitrogens with one attached hydrogen (secondary N) is 1. The van der Waals surface area contributed by atoms with Crippen LogP contribution in [-0.4, -0.2) is 25.3 Å². The standard InChI is InChI=1S/C21H20N2O3/c1-2-25-19-12-6-4-9-17(19)14-22-23-21(24)15-26-20-13-7-10-16-8-3-5-11-18(16)20/h3-14H,2,15H2,1H3,(H,23,24)/b22-14-. The number of amides is 1. The summed E-state index contributed by atoms with van der Waals surface area (Å²) in [5, 5.41) is 6.01. The van der Waals surface area contributed by atoms with Crippen LogP contribution in [0.1, 0.15) is 12.5 Å². The van der Waals surface area contributed by atoms with Gasteiger partial charge < -0.3 is 9.47 Å². The van der Waals surface area contributed by atoms with Crippen LogP contribution in [0.5, 0.6) is 11.5 Å². The quantitative estimate of drug-likeness (QED) is 0.522. The van der Waals surface area contributed by atoms with Crippen LogP contribution in [0.3, 0.4) is 0 Å². The molecule has 3 aromatic rings. The van der Waals surface area contributed by atoms with Crippen molar-refractivity contribution >= 4 is 22.9 Å². The maximum Gasteiger partial charge on any atom is 0.277 e. The summed E-state index contributed by atoms with van der Waals surface area (Å²) >= 11 is 0. The predicted octanol–water partition coefficient (Wildman–Crippen LogP) is 3.77. The SMILES string of the molecule is CCOc1ccccc1/C=N\NC(=O)COc1cccc2ccccc12. The molecule has 0 bridgehead atoms. The lowest BCUT2D eigenvalue weighted by molar-refractivity contribution is -0.123. The van der Waals surface area contributed by atoms with Gasteiger partial charge in [-0.2, -0.15) is 5.10 Å². The number of rotatable bonds is 7. The molecule has 0 radical (unpaired) electrons. The number of carbonyl (C=O) groups excluding carboxylic acids is 1. The molecule has 0 spiro atoms. The molecule has 26 heavy (non-hydrogen) atoms. The van der Waals surface area contributed by atoms with Crippen LogP contribution in [0, 0.1) is 0 Å². The van der Waals surface area contributed by atoms with E-state index in [-0.39, 0.29) is 12.5 Å². The summed E-state index contributed by atoms with van der Waals surface area (Å²) in [5.74, 6) is 1.06. The van der Waals surface area contributed by atoms with Crippen molar-refractivity contribution in [2.75, 3.05) is 13.2 Å². The molecule has 0 aliphatic carbocycles. The van der Waals surface area contributed by atoms with Crippen LogP contribution >= 0.6 is 0 Å². The molecule has 5 heteroatoms. The van der Waals surface area contributed by atoms with Gasteiger partial charge in [-0.05, 0) is 30.5 Å². The lowest BCUT2D eigenvalue weighted by Crippen LogP contribution is -2.24. The number of nitrogens with zero attached hydrogens (tertiary/aromatic N) is 1. The van der Waals surface area contributed by atoms with Crippen LogP contribution in [0.4, 0.5) is 0 Å². The van der Waals surface area contributed by atoms with Crippen LogP contribution in [0.25, 0.3) is 10.8 Å². The molecule has 0 aliphatic rings. The second kappa shape index (κ2) is 8.67. The molecule has 0 saturated carbocycles. The number of fused-ring (bicyclic) bond motifs is 1. The van der Waals surface area contributed by atoms with E-state index in [1.165, 1.54) is 0 Å². The minimum Gasteiger partial charge on any atom is -0.493 e. The van der Waals surface area contributed by atoms with Gasteiger partial charge in [0.25, 0.3) is 5.91 Å². The van der Waals surface area contributed by atoms with E-state index in [0.29, 0.717) is 12.4 Å². The van der Waals surface area contributed by atoms with Crippen molar-refractivity contribution < 1.29 is 14.3 Å². The van der Waals surface area contributed by atoms with Gasteiger partial charge in [0.2, 0.25) is 0 Å². The van der Waals surface area contributed by atoms with Gasteiger partial charge in [-0.1, -0.05) is 48.5 Å². The molecule has 0 aromatic heterocycles. The molecule has 0 saturated heterocycles. The van der Waals surface area contributed by atoms with Crippen molar-refractivity contribution in [3.8, 4) is 11.5 Å². The summed E-state index contributed by atoms with van der Waals surface area (Å²) in [6, 6.07) is 21.1.